The topological polar surface area (TPSA) is 111 Å². The normalized spacial score (nSPS) is 11.1. The van der Waals surface area contributed by atoms with Gasteiger partial charge in [-0.25, -0.2) is 8.42 Å². The molecule has 0 aliphatic heterocycles. The van der Waals surface area contributed by atoms with Crippen LogP contribution >= 0.6 is 22.9 Å². The summed E-state index contributed by atoms with van der Waals surface area (Å²) in [5, 5.41) is 11.7. The van der Waals surface area contributed by atoms with Crippen LogP contribution in [0.4, 0.5) is 10.8 Å². The van der Waals surface area contributed by atoms with Crippen LogP contribution in [0.15, 0.2) is 42.5 Å². The minimum Gasteiger partial charge on any atom is -0.495 e. The molecule has 0 saturated carbocycles. The van der Waals surface area contributed by atoms with Crippen LogP contribution in [0.2, 0.25) is 5.02 Å². The maximum Gasteiger partial charge on any atom is 0.246 e. The second kappa shape index (κ2) is 9.50. The predicted molar refractivity (Wildman–Crippen MR) is 121 cm³/mol. The molecule has 0 unspecified atom stereocenters. The van der Waals surface area contributed by atoms with Crippen LogP contribution in [-0.2, 0) is 14.8 Å². The van der Waals surface area contributed by atoms with Gasteiger partial charge in [0, 0.05) is 17.7 Å². The van der Waals surface area contributed by atoms with E-state index >= 15 is 0 Å². The molecule has 31 heavy (non-hydrogen) atoms. The summed E-state index contributed by atoms with van der Waals surface area (Å²) in [7, 11) is -1.09. The smallest absolute Gasteiger partial charge is 0.246 e. The van der Waals surface area contributed by atoms with E-state index in [1.165, 1.54) is 37.7 Å². The van der Waals surface area contributed by atoms with Gasteiger partial charge in [-0.2, -0.15) is 0 Å². The summed E-state index contributed by atoms with van der Waals surface area (Å²) in [4.78, 5) is 12.6. The van der Waals surface area contributed by atoms with Gasteiger partial charge in [-0.05, 0) is 0 Å². The number of nitrogens with zero attached hydrogens (tertiary/aromatic N) is 3. The lowest BCUT2D eigenvalue weighted by Crippen LogP contribution is -2.37. The number of amides is 1. The van der Waals surface area contributed by atoms with E-state index in [2.05, 4.69) is 15.5 Å². The highest BCUT2D eigenvalue weighted by Gasteiger charge is 2.26. The molecule has 3 aromatic rings. The standard InChI is InChI=1S/C19H19ClN4O5S2/c1-28-15-10-14(16(29-2)9-13(15)20)24(31(3,26)27)11-17(25)21-19-23-22-18(30-19)12-7-5-4-6-8-12/h4-10H,11H2,1-3H3,(H,21,23,25). The van der Waals surface area contributed by atoms with E-state index in [4.69, 9.17) is 21.1 Å². The fourth-order valence-corrected chi connectivity index (χ4v) is 4.53. The van der Waals surface area contributed by atoms with Gasteiger partial charge >= 0.3 is 0 Å². The van der Waals surface area contributed by atoms with E-state index in [9.17, 15) is 13.2 Å². The number of anilines is 2. The summed E-state index contributed by atoms with van der Waals surface area (Å²) >= 11 is 7.28. The lowest BCUT2D eigenvalue weighted by atomic mass is 10.2. The summed E-state index contributed by atoms with van der Waals surface area (Å²) in [6.07, 6.45) is 0.985. The average molecular weight is 483 g/mol. The van der Waals surface area contributed by atoms with Crippen molar-refractivity contribution < 1.29 is 22.7 Å². The molecule has 0 saturated heterocycles. The number of sulfonamides is 1. The van der Waals surface area contributed by atoms with Crippen molar-refractivity contribution >= 4 is 49.7 Å². The Morgan fingerprint density at radius 1 is 1.13 bits per heavy atom. The molecule has 1 N–H and O–H groups in total. The van der Waals surface area contributed by atoms with E-state index < -0.39 is 22.5 Å². The Bertz CT molecular complexity index is 1190. The zero-order valence-corrected chi connectivity index (χ0v) is 19.2. The minimum absolute atomic E-state index is 0.114. The summed E-state index contributed by atoms with van der Waals surface area (Å²) in [6, 6.07) is 12.2. The molecule has 0 aliphatic rings. The SMILES string of the molecule is COc1cc(N(CC(=O)Nc2nnc(-c3ccccc3)s2)S(C)(=O)=O)c(OC)cc1Cl. The molecule has 9 nitrogen and oxygen atoms in total. The Kier molecular flexibility index (Phi) is 6.98. The highest BCUT2D eigenvalue weighted by atomic mass is 35.5. The fraction of sp³-hybridized carbons (Fsp3) is 0.211. The van der Waals surface area contributed by atoms with Crippen molar-refractivity contribution in [2.45, 2.75) is 0 Å². The zero-order valence-electron chi connectivity index (χ0n) is 16.8. The van der Waals surface area contributed by atoms with Gasteiger partial charge in [-0.3, -0.25) is 14.4 Å². The maximum atomic E-state index is 12.6. The van der Waals surface area contributed by atoms with E-state index in [-0.39, 0.29) is 27.3 Å². The number of aromatic nitrogens is 2. The molecule has 2 aromatic carbocycles. The maximum absolute atomic E-state index is 12.6. The molecule has 0 radical (unpaired) electrons. The van der Waals surface area contributed by atoms with E-state index in [1.54, 1.807) is 0 Å². The number of methoxy groups -OCH3 is 2. The molecule has 0 aliphatic carbocycles. The van der Waals surface area contributed by atoms with E-state index in [1.807, 2.05) is 30.3 Å². The van der Waals surface area contributed by atoms with Gasteiger partial charge in [-0.1, -0.05) is 53.3 Å². The number of halogens is 1. The van der Waals surface area contributed by atoms with Crippen LogP contribution in [0.25, 0.3) is 10.6 Å². The summed E-state index contributed by atoms with van der Waals surface area (Å²) < 4.78 is 36.2. The highest BCUT2D eigenvalue weighted by Crippen LogP contribution is 2.39. The molecule has 1 aromatic heterocycles. The Balaban J connectivity index is 1.85. The van der Waals surface area contributed by atoms with Crippen molar-refractivity contribution in [1.82, 2.24) is 10.2 Å². The third-order valence-corrected chi connectivity index (χ3v) is 6.41. The van der Waals surface area contributed by atoms with Gasteiger partial charge < -0.3 is 9.47 Å². The van der Waals surface area contributed by atoms with Gasteiger partial charge in [0.1, 0.15) is 23.1 Å². The first-order chi connectivity index (χ1) is 14.7. The van der Waals surface area contributed by atoms with Crippen LogP contribution < -0.4 is 19.1 Å². The van der Waals surface area contributed by atoms with Crippen molar-refractivity contribution in [2.75, 3.05) is 36.6 Å². The summed E-state index contributed by atoms with van der Waals surface area (Å²) in [5.41, 5.74) is 0.972. The number of rotatable bonds is 8. The van der Waals surface area contributed by atoms with Crippen LogP contribution in [0.3, 0.4) is 0 Å². The molecule has 164 valence electrons. The molecule has 1 amide bonds. The number of nitrogens with one attached hydrogen (secondary N) is 1. The monoisotopic (exact) mass is 482 g/mol. The lowest BCUT2D eigenvalue weighted by Gasteiger charge is -2.24. The summed E-state index contributed by atoms with van der Waals surface area (Å²) in [6.45, 7) is -0.514. The van der Waals surface area contributed by atoms with Crippen LogP contribution in [-0.4, -0.2) is 51.5 Å². The fourth-order valence-electron chi connectivity index (χ4n) is 2.68. The van der Waals surface area contributed by atoms with Crippen molar-refractivity contribution in [3.8, 4) is 22.1 Å². The van der Waals surface area contributed by atoms with Crippen molar-refractivity contribution in [3.63, 3.8) is 0 Å². The number of benzene rings is 2. The summed E-state index contributed by atoms with van der Waals surface area (Å²) in [5.74, 6) is -0.188. The minimum atomic E-state index is -3.85. The van der Waals surface area contributed by atoms with Crippen molar-refractivity contribution in [3.05, 3.63) is 47.5 Å². The lowest BCUT2D eigenvalue weighted by molar-refractivity contribution is -0.114. The number of carbonyl (C=O) groups excluding carboxylic acids is 1. The number of ether oxygens (including phenoxy) is 2. The van der Waals surface area contributed by atoms with Gasteiger partial charge in [0.25, 0.3) is 0 Å². The number of hydrogen-bond acceptors (Lipinski definition) is 8. The first-order valence-electron chi connectivity index (χ1n) is 8.81. The zero-order chi connectivity index (χ0) is 22.6. The molecule has 3 rings (SSSR count). The Morgan fingerprint density at radius 3 is 2.42 bits per heavy atom. The largest absolute Gasteiger partial charge is 0.495 e. The van der Waals surface area contributed by atoms with Crippen LogP contribution in [0.5, 0.6) is 11.5 Å². The molecule has 0 fully saturated rings. The quantitative estimate of drug-likeness (QED) is 0.524. The third-order valence-electron chi connectivity index (χ3n) is 4.10. The van der Waals surface area contributed by atoms with E-state index in [0.717, 1.165) is 16.1 Å². The van der Waals surface area contributed by atoms with Crippen molar-refractivity contribution in [2.24, 2.45) is 0 Å². The molecule has 0 spiro atoms. The molecule has 0 bridgehead atoms. The first-order valence-corrected chi connectivity index (χ1v) is 11.8. The number of carbonyl (C=O) groups is 1. The molecular formula is C19H19ClN4O5S2. The second-order valence-electron chi connectivity index (χ2n) is 6.25. The molecule has 1 heterocycles. The van der Waals surface area contributed by atoms with Gasteiger partial charge in [0.05, 0.1) is 31.2 Å². The average Bonchev–Trinajstić information content (AvgIpc) is 3.20. The highest BCUT2D eigenvalue weighted by molar-refractivity contribution is 7.92. The first kappa shape index (κ1) is 22.8. The molecule has 12 heteroatoms. The number of hydrogen-bond donors (Lipinski definition) is 1. The van der Waals surface area contributed by atoms with Gasteiger partial charge in [0.2, 0.25) is 21.1 Å². The Labute approximate surface area is 188 Å². The molecule has 0 atom stereocenters. The molecular weight excluding hydrogens is 464 g/mol. The Hall–Kier alpha value is -2.89. The van der Waals surface area contributed by atoms with Crippen molar-refractivity contribution in [1.29, 1.82) is 0 Å². The van der Waals surface area contributed by atoms with E-state index in [0.29, 0.717) is 5.01 Å². The Morgan fingerprint density at radius 2 is 1.81 bits per heavy atom. The van der Waals surface area contributed by atoms with Gasteiger partial charge in [0.15, 0.2) is 0 Å². The second-order valence-corrected chi connectivity index (χ2v) is 9.55. The third kappa shape index (κ3) is 5.43. The van der Waals surface area contributed by atoms with Gasteiger partial charge in [-0.15, -0.1) is 10.2 Å². The predicted octanol–water partition coefficient (Wildman–Crippen LogP) is 3.28. The van der Waals surface area contributed by atoms with Crippen LogP contribution in [0.1, 0.15) is 0 Å². The van der Waals surface area contributed by atoms with Crippen LogP contribution in [0, 0.1) is 0 Å².